The molecule has 4 nitrogen and oxygen atoms in total. The second kappa shape index (κ2) is 6.43. The van der Waals surface area contributed by atoms with Crippen LogP contribution in [-0.4, -0.2) is 32.4 Å². The average Bonchev–Trinajstić information content (AvgIpc) is 2.42. The molecule has 1 fully saturated rings. The fraction of sp³-hybridized carbons (Fsp3) is 0.571. The normalized spacial score (nSPS) is 21.1. The number of nitrogens with two attached hydrogens (primary N) is 1. The van der Waals surface area contributed by atoms with Crippen molar-refractivity contribution in [1.82, 2.24) is 4.31 Å². The van der Waals surface area contributed by atoms with Crippen molar-refractivity contribution in [1.29, 1.82) is 0 Å². The van der Waals surface area contributed by atoms with Gasteiger partial charge in [-0.15, -0.1) is 0 Å². The standard InChI is InChI=1S/C14H21ClN2O2S/c1-11-13(15)5-2-6-14(11)20(18,19)17-9-3-4-12(10-17)7-8-16/h2,5-6,12H,3-4,7-10,16H2,1H3. The zero-order valence-electron chi connectivity index (χ0n) is 11.7. The highest BCUT2D eigenvalue weighted by Crippen LogP contribution is 2.29. The summed E-state index contributed by atoms with van der Waals surface area (Å²) in [5, 5.41) is 0.488. The van der Waals surface area contributed by atoms with E-state index in [2.05, 4.69) is 0 Å². The summed E-state index contributed by atoms with van der Waals surface area (Å²) in [5.74, 6) is 0.364. The minimum Gasteiger partial charge on any atom is -0.330 e. The Balaban J connectivity index is 2.28. The van der Waals surface area contributed by atoms with Crippen LogP contribution in [0.2, 0.25) is 5.02 Å². The van der Waals surface area contributed by atoms with Crippen molar-refractivity contribution < 1.29 is 8.42 Å². The van der Waals surface area contributed by atoms with Crippen LogP contribution in [0.15, 0.2) is 23.1 Å². The van der Waals surface area contributed by atoms with E-state index in [0.29, 0.717) is 41.0 Å². The first-order chi connectivity index (χ1) is 9.46. The van der Waals surface area contributed by atoms with E-state index < -0.39 is 10.0 Å². The predicted molar refractivity (Wildman–Crippen MR) is 81.3 cm³/mol. The van der Waals surface area contributed by atoms with E-state index >= 15 is 0 Å². The average molecular weight is 317 g/mol. The van der Waals surface area contributed by atoms with E-state index in [4.69, 9.17) is 17.3 Å². The molecule has 1 heterocycles. The van der Waals surface area contributed by atoms with Crippen LogP contribution < -0.4 is 5.73 Å². The molecule has 2 rings (SSSR count). The number of hydrogen-bond acceptors (Lipinski definition) is 3. The minimum absolute atomic E-state index is 0.318. The molecule has 112 valence electrons. The van der Waals surface area contributed by atoms with Gasteiger partial charge in [-0.1, -0.05) is 17.7 Å². The summed E-state index contributed by atoms with van der Waals surface area (Å²) in [6, 6.07) is 5.02. The molecule has 1 saturated heterocycles. The van der Waals surface area contributed by atoms with Crippen molar-refractivity contribution in [2.75, 3.05) is 19.6 Å². The molecule has 2 N–H and O–H groups in total. The molecule has 1 atom stereocenters. The van der Waals surface area contributed by atoms with Crippen molar-refractivity contribution in [3.63, 3.8) is 0 Å². The van der Waals surface area contributed by atoms with Crippen molar-refractivity contribution in [2.24, 2.45) is 11.7 Å². The summed E-state index contributed by atoms with van der Waals surface area (Å²) in [6.45, 7) is 3.49. The number of nitrogens with zero attached hydrogens (tertiary/aromatic N) is 1. The molecule has 0 aliphatic carbocycles. The van der Waals surface area contributed by atoms with Gasteiger partial charge in [0.25, 0.3) is 0 Å². The SMILES string of the molecule is Cc1c(Cl)cccc1S(=O)(=O)N1CCCC(CCN)C1. The summed E-state index contributed by atoms with van der Waals surface area (Å²) in [4.78, 5) is 0.318. The lowest BCUT2D eigenvalue weighted by Crippen LogP contribution is -2.40. The lowest BCUT2D eigenvalue weighted by Gasteiger charge is -2.32. The first kappa shape index (κ1) is 15.8. The van der Waals surface area contributed by atoms with E-state index in [1.807, 2.05) is 0 Å². The maximum absolute atomic E-state index is 12.7. The second-order valence-corrected chi connectivity index (χ2v) is 7.63. The Bertz CT molecular complexity index is 573. The van der Waals surface area contributed by atoms with Crippen LogP contribution in [0.3, 0.4) is 0 Å². The Morgan fingerprint density at radius 1 is 1.45 bits per heavy atom. The Morgan fingerprint density at radius 2 is 2.20 bits per heavy atom. The van der Waals surface area contributed by atoms with Crippen LogP contribution in [0.25, 0.3) is 0 Å². The molecule has 6 heteroatoms. The molecule has 1 aliphatic heterocycles. The number of rotatable bonds is 4. The number of benzene rings is 1. The Hall–Kier alpha value is -0.620. The van der Waals surface area contributed by atoms with Gasteiger partial charge in [-0.25, -0.2) is 8.42 Å². The Kier molecular flexibility index (Phi) is 5.07. The molecule has 0 radical (unpaired) electrons. The topological polar surface area (TPSA) is 63.4 Å². The van der Waals surface area contributed by atoms with Crippen molar-refractivity contribution >= 4 is 21.6 Å². The van der Waals surface area contributed by atoms with Gasteiger partial charge >= 0.3 is 0 Å². The molecular weight excluding hydrogens is 296 g/mol. The molecule has 20 heavy (non-hydrogen) atoms. The molecule has 0 amide bonds. The maximum Gasteiger partial charge on any atom is 0.243 e. The van der Waals surface area contributed by atoms with Gasteiger partial charge in [0.15, 0.2) is 0 Å². The highest BCUT2D eigenvalue weighted by molar-refractivity contribution is 7.89. The van der Waals surface area contributed by atoms with Crippen molar-refractivity contribution in [2.45, 2.75) is 31.1 Å². The van der Waals surface area contributed by atoms with Crippen LogP contribution in [0.1, 0.15) is 24.8 Å². The van der Waals surface area contributed by atoms with Gasteiger partial charge in [0.2, 0.25) is 10.0 Å². The van der Waals surface area contributed by atoms with Gasteiger partial charge < -0.3 is 5.73 Å². The van der Waals surface area contributed by atoms with E-state index in [1.165, 1.54) is 0 Å². The molecule has 0 aromatic heterocycles. The van der Waals surface area contributed by atoms with E-state index in [-0.39, 0.29) is 0 Å². The lowest BCUT2D eigenvalue weighted by atomic mass is 9.96. The van der Waals surface area contributed by atoms with Gasteiger partial charge in [0.1, 0.15) is 0 Å². The van der Waals surface area contributed by atoms with Crippen LogP contribution >= 0.6 is 11.6 Å². The summed E-state index contributed by atoms with van der Waals surface area (Å²) in [7, 11) is -3.46. The zero-order valence-corrected chi connectivity index (χ0v) is 13.3. The highest BCUT2D eigenvalue weighted by atomic mass is 35.5. The van der Waals surface area contributed by atoms with Gasteiger partial charge in [-0.3, -0.25) is 0 Å². The fourth-order valence-electron chi connectivity index (χ4n) is 2.72. The molecule has 1 aromatic carbocycles. The third kappa shape index (κ3) is 3.17. The smallest absolute Gasteiger partial charge is 0.243 e. The Morgan fingerprint density at radius 3 is 2.90 bits per heavy atom. The summed E-state index contributed by atoms with van der Waals surface area (Å²) in [6.07, 6.45) is 2.82. The molecule has 0 bridgehead atoms. The highest BCUT2D eigenvalue weighted by Gasteiger charge is 2.31. The largest absolute Gasteiger partial charge is 0.330 e. The molecule has 1 aliphatic rings. The maximum atomic E-state index is 12.7. The van der Waals surface area contributed by atoms with Gasteiger partial charge in [-0.2, -0.15) is 4.31 Å². The lowest BCUT2D eigenvalue weighted by molar-refractivity contribution is 0.258. The second-order valence-electron chi connectivity index (χ2n) is 5.31. The first-order valence-electron chi connectivity index (χ1n) is 6.92. The quantitative estimate of drug-likeness (QED) is 0.927. The predicted octanol–water partition coefficient (Wildman–Crippen LogP) is 2.40. The molecular formula is C14H21ClN2O2S. The molecule has 0 spiro atoms. The monoisotopic (exact) mass is 316 g/mol. The van der Waals surface area contributed by atoms with Crippen molar-refractivity contribution in [3.8, 4) is 0 Å². The van der Waals surface area contributed by atoms with Crippen LogP contribution in [0.4, 0.5) is 0 Å². The first-order valence-corrected chi connectivity index (χ1v) is 8.74. The van der Waals surface area contributed by atoms with Crippen LogP contribution in [0, 0.1) is 12.8 Å². The third-order valence-electron chi connectivity index (χ3n) is 3.89. The number of halogens is 1. The van der Waals surface area contributed by atoms with E-state index in [0.717, 1.165) is 19.3 Å². The minimum atomic E-state index is -3.46. The van der Waals surface area contributed by atoms with Crippen LogP contribution in [-0.2, 0) is 10.0 Å². The number of hydrogen-bond donors (Lipinski definition) is 1. The van der Waals surface area contributed by atoms with E-state index in [9.17, 15) is 8.42 Å². The third-order valence-corrected chi connectivity index (χ3v) is 6.31. The van der Waals surface area contributed by atoms with Crippen molar-refractivity contribution in [3.05, 3.63) is 28.8 Å². The Labute approximate surface area is 126 Å². The fourth-order valence-corrected chi connectivity index (χ4v) is 4.76. The summed E-state index contributed by atoms with van der Waals surface area (Å²) < 4.78 is 27.1. The van der Waals surface area contributed by atoms with Crippen LogP contribution in [0.5, 0.6) is 0 Å². The number of piperidine rings is 1. The molecule has 1 aromatic rings. The van der Waals surface area contributed by atoms with Gasteiger partial charge in [0, 0.05) is 18.1 Å². The van der Waals surface area contributed by atoms with Gasteiger partial charge in [-0.05, 0) is 56.3 Å². The summed E-state index contributed by atoms with van der Waals surface area (Å²) >= 11 is 6.04. The van der Waals surface area contributed by atoms with Gasteiger partial charge in [0.05, 0.1) is 4.90 Å². The molecule has 0 saturated carbocycles. The summed E-state index contributed by atoms with van der Waals surface area (Å²) in [5.41, 5.74) is 6.20. The van der Waals surface area contributed by atoms with E-state index in [1.54, 1.807) is 29.4 Å². The molecule has 1 unspecified atom stereocenters. The zero-order chi connectivity index (χ0) is 14.8. The number of sulfonamides is 1.